The number of thiocarbonyl (C=S) groups is 1. The minimum Gasteiger partial charge on any atom is -0.391 e. The summed E-state index contributed by atoms with van der Waals surface area (Å²) in [5.74, 6) is -0.111. The molecule has 1 aliphatic rings. The summed E-state index contributed by atoms with van der Waals surface area (Å²) in [7, 11) is 0. The largest absolute Gasteiger partial charge is 0.391 e. The van der Waals surface area contributed by atoms with Crippen molar-refractivity contribution in [3.05, 3.63) is 16.1 Å². The van der Waals surface area contributed by atoms with Crippen LogP contribution in [0.2, 0.25) is 0 Å². The Labute approximate surface area is 122 Å². The van der Waals surface area contributed by atoms with Crippen molar-refractivity contribution in [2.75, 3.05) is 0 Å². The SMILES string of the molecule is Cc1ncc(C(=O)NC2(C(N)=S)CCCCCC2)s1. The van der Waals surface area contributed by atoms with E-state index in [4.69, 9.17) is 18.0 Å². The molecule has 0 aliphatic heterocycles. The molecule has 1 amide bonds. The molecule has 1 aromatic rings. The van der Waals surface area contributed by atoms with E-state index in [1.54, 1.807) is 6.20 Å². The quantitative estimate of drug-likeness (QED) is 0.664. The summed E-state index contributed by atoms with van der Waals surface area (Å²) < 4.78 is 0. The number of amides is 1. The molecule has 0 saturated heterocycles. The maximum Gasteiger partial charge on any atom is 0.263 e. The van der Waals surface area contributed by atoms with Gasteiger partial charge in [0.2, 0.25) is 0 Å². The Morgan fingerprint density at radius 3 is 2.53 bits per heavy atom. The monoisotopic (exact) mass is 297 g/mol. The average Bonchev–Trinajstić information content (AvgIpc) is 2.65. The summed E-state index contributed by atoms with van der Waals surface area (Å²) in [6.07, 6.45) is 7.76. The third-order valence-corrected chi connectivity index (χ3v) is 4.93. The predicted molar refractivity (Wildman–Crippen MR) is 81.5 cm³/mol. The number of hydrogen-bond acceptors (Lipinski definition) is 4. The zero-order chi connectivity index (χ0) is 13.9. The third kappa shape index (κ3) is 3.30. The Morgan fingerprint density at radius 1 is 1.42 bits per heavy atom. The molecule has 104 valence electrons. The van der Waals surface area contributed by atoms with E-state index < -0.39 is 5.54 Å². The van der Waals surface area contributed by atoms with Crippen LogP contribution < -0.4 is 11.1 Å². The first-order chi connectivity index (χ1) is 9.03. The summed E-state index contributed by atoms with van der Waals surface area (Å²) in [6, 6.07) is 0. The van der Waals surface area contributed by atoms with Gasteiger partial charge in [-0.15, -0.1) is 11.3 Å². The lowest BCUT2D eigenvalue weighted by Gasteiger charge is -2.32. The van der Waals surface area contributed by atoms with Crippen LogP contribution in [-0.2, 0) is 0 Å². The van der Waals surface area contributed by atoms with Crippen LogP contribution in [0, 0.1) is 6.92 Å². The Hall–Kier alpha value is -1.01. The van der Waals surface area contributed by atoms with E-state index in [0.29, 0.717) is 9.87 Å². The van der Waals surface area contributed by atoms with Gasteiger partial charge in [-0.1, -0.05) is 37.9 Å². The molecule has 1 fully saturated rings. The van der Waals surface area contributed by atoms with E-state index >= 15 is 0 Å². The van der Waals surface area contributed by atoms with Crippen LogP contribution in [0.3, 0.4) is 0 Å². The van der Waals surface area contributed by atoms with Crippen molar-refractivity contribution in [3.8, 4) is 0 Å². The second kappa shape index (κ2) is 5.96. The van der Waals surface area contributed by atoms with Crippen molar-refractivity contribution in [1.82, 2.24) is 10.3 Å². The molecule has 0 aromatic carbocycles. The second-order valence-electron chi connectivity index (χ2n) is 5.06. The van der Waals surface area contributed by atoms with E-state index in [1.807, 2.05) is 6.92 Å². The fourth-order valence-electron chi connectivity index (χ4n) is 2.51. The van der Waals surface area contributed by atoms with Crippen LogP contribution in [0.15, 0.2) is 6.20 Å². The molecular weight excluding hydrogens is 278 g/mol. The Morgan fingerprint density at radius 2 is 2.05 bits per heavy atom. The number of thiazole rings is 1. The normalized spacial score (nSPS) is 18.6. The zero-order valence-corrected chi connectivity index (χ0v) is 12.7. The molecule has 0 radical (unpaired) electrons. The van der Waals surface area contributed by atoms with Crippen LogP contribution in [-0.4, -0.2) is 21.4 Å². The first-order valence-corrected chi connectivity index (χ1v) is 7.81. The molecule has 1 aromatic heterocycles. The van der Waals surface area contributed by atoms with Crippen molar-refractivity contribution >= 4 is 34.5 Å². The van der Waals surface area contributed by atoms with Crippen LogP contribution in [0.25, 0.3) is 0 Å². The van der Waals surface area contributed by atoms with E-state index in [2.05, 4.69) is 10.3 Å². The highest BCUT2D eigenvalue weighted by atomic mass is 32.1. The lowest BCUT2D eigenvalue weighted by molar-refractivity contribution is 0.0921. The Kier molecular flexibility index (Phi) is 4.52. The second-order valence-corrected chi connectivity index (χ2v) is 6.73. The minimum absolute atomic E-state index is 0.111. The van der Waals surface area contributed by atoms with Crippen molar-refractivity contribution in [2.45, 2.75) is 51.0 Å². The number of rotatable bonds is 3. The molecule has 6 heteroatoms. The predicted octanol–water partition coefficient (Wildman–Crippen LogP) is 2.56. The highest BCUT2D eigenvalue weighted by Crippen LogP contribution is 2.28. The molecule has 2 rings (SSSR count). The Bertz CT molecular complexity index is 476. The van der Waals surface area contributed by atoms with E-state index in [9.17, 15) is 4.79 Å². The number of nitrogens with two attached hydrogens (primary N) is 1. The van der Waals surface area contributed by atoms with E-state index in [1.165, 1.54) is 24.2 Å². The maximum absolute atomic E-state index is 12.3. The number of nitrogens with one attached hydrogen (secondary N) is 1. The number of hydrogen-bond donors (Lipinski definition) is 2. The van der Waals surface area contributed by atoms with Gasteiger partial charge in [0.25, 0.3) is 5.91 Å². The molecular formula is C13H19N3OS2. The van der Waals surface area contributed by atoms with Gasteiger partial charge in [0.1, 0.15) is 4.88 Å². The van der Waals surface area contributed by atoms with Gasteiger partial charge in [0.05, 0.1) is 21.7 Å². The third-order valence-electron chi connectivity index (χ3n) is 3.63. The first-order valence-electron chi connectivity index (χ1n) is 6.58. The summed E-state index contributed by atoms with van der Waals surface area (Å²) in [5, 5.41) is 3.95. The van der Waals surface area contributed by atoms with Crippen molar-refractivity contribution in [3.63, 3.8) is 0 Å². The van der Waals surface area contributed by atoms with Crippen molar-refractivity contribution in [1.29, 1.82) is 0 Å². The molecule has 4 nitrogen and oxygen atoms in total. The molecule has 19 heavy (non-hydrogen) atoms. The lowest BCUT2D eigenvalue weighted by Crippen LogP contribution is -2.56. The summed E-state index contributed by atoms with van der Waals surface area (Å²) in [5.41, 5.74) is 5.39. The summed E-state index contributed by atoms with van der Waals surface area (Å²) in [4.78, 5) is 17.4. The van der Waals surface area contributed by atoms with Gasteiger partial charge in [-0.05, 0) is 19.8 Å². The average molecular weight is 297 g/mol. The number of aromatic nitrogens is 1. The van der Waals surface area contributed by atoms with E-state index in [-0.39, 0.29) is 5.91 Å². The van der Waals surface area contributed by atoms with Crippen LogP contribution in [0.1, 0.15) is 53.2 Å². The number of aryl methyl sites for hydroxylation is 1. The molecule has 0 bridgehead atoms. The van der Waals surface area contributed by atoms with Gasteiger partial charge in [-0.3, -0.25) is 4.79 Å². The maximum atomic E-state index is 12.3. The van der Waals surface area contributed by atoms with Gasteiger partial charge in [-0.2, -0.15) is 0 Å². The fraction of sp³-hybridized carbons (Fsp3) is 0.615. The zero-order valence-electron chi connectivity index (χ0n) is 11.1. The number of carbonyl (C=O) groups excluding carboxylic acids is 1. The standard InChI is InChI=1S/C13H19N3OS2/c1-9-15-8-10(19-9)11(17)16-13(12(14)18)6-4-2-3-5-7-13/h8H,2-7H2,1H3,(H2,14,18)(H,16,17). The van der Waals surface area contributed by atoms with Gasteiger partial charge in [-0.25, -0.2) is 4.98 Å². The summed E-state index contributed by atoms with van der Waals surface area (Å²) in [6.45, 7) is 1.89. The van der Waals surface area contributed by atoms with E-state index in [0.717, 1.165) is 30.7 Å². The molecule has 0 atom stereocenters. The fourth-order valence-corrected chi connectivity index (χ4v) is 3.44. The number of nitrogens with zero attached hydrogens (tertiary/aromatic N) is 1. The highest BCUT2D eigenvalue weighted by molar-refractivity contribution is 7.80. The molecule has 1 saturated carbocycles. The highest BCUT2D eigenvalue weighted by Gasteiger charge is 2.36. The smallest absolute Gasteiger partial charge is 0.263 e. The molecule has 0 spiro atoms. The Balaban J connectivity index is 2.16. The van der Waals surface area contributed by atoms with Gasteiger partial charge in [0, 0.05) is 0 Å². The summed E-state index contributed by atoms with van der Waals surface area (Å²) >= 11 is 6.61. The molecule has 1 heterocycles. The number of carbonyl (C=O) groups is 1. The molecule has 0 unspecified atom stereocenters. The lowest BCUT2D eigenvalue weighted by atomic mass is 9.90. The minimum atomic E-state index is -0.513. The van der Waals surface area contributed by atoms with Gasteiger partial charge < -0.3 is 11.1 Å². The first kappa shape index (κ1) is 14.4. The van der Waals surface area contributed by atoms with Crippen LogP contribution in [0.4, 0.5) is 0 Å². The van der Waals surface area contributed by atoms with Crippen molar-refractivity contribution < 1.29 is 4.79 Å². The van der Waals surface area contributed by atoms with Gasteiger partial charge in [0.15, 0.2) is 0 Å². The van der Waals surface area contributed by atoms with Crippen LogP contribution >= 0.6 is 23.6 Å². The van der Waals surface area contributed by atoms with Crippen LogP contribution in [0.5, 0.6) is 0 Å². The molecule has 1 aliphatic carbocycles. The van der Waals surface area contributed by atoms with Gasteiger partial charge >= 0.3 is 0 Å². The molecule has 3 N–H and O–H groups in total. The van der Waals surface area contributed by atoms with Crippen molar-refractivity contribution in [2.24, 2.45) is 5.73 Å². The topological polar surface area (TPSA) is 68.0 Å².